The summed E-state index contributed by atoms with van der Waals surface area (Å²) in [5, 5.41) is -0.357. The van der Waals surface area contributed by atoms with E-state index < -0.39 is 16.4 Å². The molecular formula is C20H29F3N2O5S. The molecule has 0 aromatic heterocycles. The number of nitrogens with zero attached hydrogens (tertiary/aromatic N) is 2. The smallest absolute Gasteiger partial charge is 0.490 e. The van der Waals surface area contributed by atoms with Gasteiger partial charge in [0.15, 0.2) is 0 Å². The fourth-order valence-corrected chi connectivity index (χ4v) is 5.93. The Balaban J connectivity index is 1.46. The van der Waals surface area contributed by atoms with Crippen LogP contribution in [-0.4, -0.2) is 81.8 Å². The van der Waals surface area contributed by atoms with E-state index in [2.05, 4.69) is 9.64 Å². The monoisotopic (exact) mass is 466 g/mol. The van der Waals surface area contributed by atoms with Crippen molar-refractivity contribution in [3.05, 3.63) is 24.3 Å². The van der Waals surface area contributed by atoms with Crippen molar-refractivity contribution in [3.63, 3.8) is 0 Å². The first kappa shape index (κ1) is 24.1. The van der Waals surface area contributed by atoms with Crippen molar-refractivity contribution in [1.82, 2.24) is 9.21 Å². The zero-order valence-corrected chi connectivity index (χ0v) is 18.3. The van der Waals surface area contributed by atoms with Gasteiger partial charge in [0.2, 0.25) is 10.0 Å². The fraction of sp³-hybridized carbons (Fsp3) is 0.700. The van der Waals surface area contributed by atoms with E-state index in [1.807, 2.05) is 0 Å². The van der Waals surface area contributed by atoms with Crippen LogP contribution in [0.5, 0.6) is 11.5 Å². The molecule has 3 rings (SSSR count). The van der Waals surface area contributed by atoms with Crippen LogP contribution in [0.1, 0.15) is 25.7 Å². The molecule has 7 nitrogen and oxygen atoms in total. The molecule has 0 radical (unpaired) electrons. The molecule has 0 N–H and O–H groups in total. The van der Waals surface area contributed by atoms with Crippen LogP contribution in [0.15, 0.2) is 24.3 Å². The van der Waals surface area contributed by atoms with E-state index >= 15 is 0 Å². The van der Waals surface area contributed by atoms with Crippen molar-refractivity contribution in [2.24, 2.45) is 0 Å². The first-order valence-electron chi connectivity index (χ1n) is 10.4. The predicted molar refractivity (Wildman–Crippen MR) is 109 cm³/mol. The Hall–Kier alpha value is -1.56. The van der Waals surface area contributed by atoms with Crippen LogP contribution in [0.25, 0.3) is 0 Å². The van der Waals surface area contributed by atoms with E-state index in [0.29, 0.717) is 51.1 Å². The van der Waals surface area contributed by atoms with Gasteiger partial charge in [-0.15, -0.1) is 13.2 Å². The standard InChI is InChI=1S/C20H29F3N2O5S/c1-28-15-14-24-10-8-19(9-11-24)31(26,27)25-12-6-17(7-13-25)29-16-2-4-18(5-3-16)30-20(21,22)23/h2-5,17,19H,6-15H2,1H3. The van der Waals surface area contributed by atoms with E-state index in [1.165, 1.54) is 24.3 Å². The third-order valence-corrected chi connectivity index (χ3v) is 8.09. The summed E-state index contributed by atoms with van der Waals surface area (Å²) >= 11 is 0. The SMILES string of the molecule is COCCN1CCC(S(=O)(=O)N2CCC(Oc3ccc(OC(F)(F)F)cc3)CC2)CC1. The lowest BCUT2D eigenvalue weighted by Gasteiger charge is -2.37. The topological polar surface area (TPSA) is 68.3 Å². The minimum atomic E-state index is -4.73. The van der Waals surface area contributed by atoms with Crippen LogP contribution in [0, 0.1) is 0 Å². The number of halogens is 3. The molecule has 1 aromatic carbocycles. The molecule has 0 unspecified atom stereocenters. The van der Waals surface area contributed by atoms with Gasteiger partial charge in [-0.05, 0) is 63.0 Å². The molecule has 1 aromatic rings. The molecular weight excluding hydrogens is 437 g/mol. The van der Waals surface area contributed by atoms with E-state index in [1.54, 1.807) is 11.4 Å². The molecule has 2 saturated heterocycles. The lowest BCUT2D eigenvalue weighted by molar-refractivity contribution is -0.274. The highest BCUT2D eigenvalue weighted by Gasteiger charge is 2.37. The van der Waals surface area contributed by atoms with Gasteiger partial charge in [0.05, 0.1) is 11.9 Å². The Morgan fingerprint density at radius 2 is 1.55 bits per heavy atom. The van der Waals surface area contributed by atoms with Gasteiger partial charge in [0.1, 0.15) is 17.6 Å². The summed E-state index contributed by atoms with van der Waals surface area (Å²) in [6.07, 6.45) is -2.61. The van der Waals surface area contributed by atoms with Gasteiger partial charge >= 0.3 is 6.36 Å². The average molecular weight is 467 g/mol. The second kappa shape index (κ2) is 10.4. The van der Waals surface area contributed by atoms with Gasteiger partial charge in [-0.25, -0.2) is 12.7 Å². The summed E-state index contributed by atoms with van der Waals surface area (Å²) in [6, 6.07) is 5.23. The van der Waals surface area contributed by atoms with Crippen molar-refractivity contribution in [2.75, 3.05) is 46.4 Å². The maximum atomic E-state index is 13.0. The summed E-state index contributed by atoms with van der Waals surface area (Å²) in [4.78, 5) is 2.22. The highest BCUT2D eigenvalue weighted by molar-refractivity contribution is 7.89. The Morgan fingerprint density at radius 3 is 2.10 bits per heavy atom. The first-order valence-corrected chi connectivity index (χ1v) is 11.9. The van der Waals surface area contributed by atoms with Gasteiger partial charge < -0.3 is 19.1 Å². The molecule has 0 amide bonds. The summed E-state index contributed by atoms with van der Waals surface area (Å²) < 4.78 is 79.0. The van der Waals surface area contributed by atoms with Crippen molar-refractivity contribution in [2.45, 2.75) is 43.4 Å². The number of rotatable bonds is 8. The molecule has 2 aliphatic rings. The summed E-state index contributed by atoms with van der Waals surface area (Å²) in [6.45, 7) is 3.72. The Kier molecular flexibility index (Phi) is 8.06. The largest absolute Gasteiger partial charge is 0.573 e. The number of sulfonamides is 1. The number of hydrogen-bond donors (Lipinski definition) is 0. The van der Waals surface area contributed by atoms with E-state index in [9.17, 15) is 21.6 Å². The molecule has 0 atom stereocenters. The zero-order chi connectivity index (χ0) is 22.5. The summed E-state index contributed by atoms with van der Waals surface area (Å²) in [5.41, 5.74) is 0. The molecule has 11 heteroatoms. The van der Waals surface area contributed by atoms with Crippen LogP contribution < -0.4 is 9.47 Å². The van der Waals surface area contributed by atoms with Gasteiger partial charge in [0.25, 0.3) is 0 Å². The molecule has 31 heavy (non-hydrogen) atoms. The maximum absolute atomic E-state index is 13.0. The van der Waals surface area contributed by atoms with Crippen molar-refractivity contribution >= 4 is 10.0 Å². The Morgan fingerprint density at radius 1 is 0.968 bits per heavy atom. The molecule has 2 fully saturated rings. The van der Waals surface area contributed by atoms with Gasteiger partial charge in [-0.2, -0.15) is 0 Å². The van der Waals surface area contributed by atoms with Gasteiger partial charge in [0, 0.05) is 26.7 Å². The number of likely N-dealkylation sites (tertiary alicyclic amines) is 1. The Labute approximate surface area is 181 Å². The van der Waals surface area contributed by atoms with E-state index in [4.69, 9.17) is 9.47 Å². The molecule has 2 heterocycles. The first-order chi connectivity index (χ1) is 14.7. The van der Waals surface area contributed by atoms with Crippen LogP contribution >= 0.6 is 0 Å². The van der Waals surface area contributed by atoms with Crippen molar-refractivity contribution in [3.8, 4) is 11.5 Å². The van der Waals surface area contributed by atoms with Crippen LogP contribution in [0.3, 0.4) is 0 Å². The molecule has 0 bridgehead atoms. The number of methoxy groups -OCH3 is 1. The molecule has 0 saturated carbocycles. The highest BCUT2D eigenvalue weighted by atomic mass is 32.2. The lowest BCUT2D eigenvalue weighted by atomic mass is 10.1. The summed E-state index contributed by atoms with van der Waals surface area (Å²) in [7, 11) is -1.70. The average Bonchev–Trinajstić information content (AvgIpc) is 2.73. The number of piperidine rings is 2. The third kappa shape index (κ3) is 6.96. The quantitative estimate of drug-likeness (QED) is 0.587. The van der Waals surface area contributed by atoms with Gasteiger partial charge in [-0.3, -0.25) is 0 Å². The minimum absolute atomic E-state index is 0.184. The number of alkyl halides is 3. The van der Waals surface area contributed by atoms with Crippen LogP contribution in [0.2, 0.25) is 0 Å². The van der Waals surface area contributed by atoms with Crippen molar-refractivity contribution in [1.29, 1.82) is 0 Å². The Bertz CT molecular complexity index is 788. The second-order valence-corrected chi connectivity index (χ2v) is 10.0. The molecule has 176 valence electrons. The molecule has 0 aliphatic carbocycles. The number of ether oxygens (including phenoxy) is 3. The molecule has 2 aliphatic heterocycles. The van der Waals surface area contributed by atoms with Crippen molar-refractivity contribution < 1.29 is 35.8 Å². The van der Waals surface area contributed by atoms with Crippen LogP contribution in [0.4, 0.5) is 13.2 Å². The lowest BCUT2D eigenvalue weighted by Crippen LogP contribution is -2.49. The normalized spacial score (nSPS) is 20.6. The fourth-order valence-electron chi connectivity index (χ4n) is 3.98. The molecule has 0 spiro atoms. The van der Waals surface area contributed by atoms with Crippen LogP contribution in [-0.2, 0) is 14.8 Å². The van der Waals surface area contributed by atoms with E-state index in [0.717, 1.165) is 19.6 Å². The zero-order valence-electron chi connectivity index (χ0n) is 17.5. The second-order valence-electron chi connectivity index (χ2n) is 7.81. The number of hydrogen-bond acceptors (Lipinski definition) is 6. The van der Waals surface area contributed by atoms with E-state index in [-0.39, 0.29) is 17.1 Å². The summed E-state index contributed by atoms with van der Waals surface area (Å²) in [5.74, 6) is 0.119. The third-order valence-electron chi connectivity index (χ3n) is 5.69. The maximum Gasteiger partial charge on any atom is 0.573 e. The minimum Gasteiger partial charge on any atom is -0.490 e. The number of benzene rings is 1. The highest BCUT2D eigenvalue weighted by Crippen LogP contribution is 2.28. The van der Waals surface area contributed by atoms with Gasteiger partial charge in [-0.1, -0.05) is 0 Å². The predicted octanol–water partition coefficient (Wildman–Crippen LogP) is 2.87.